The average molecular weight is 353 g/mol. The number of nitrogens with zero attached hydrogens (tertiary/aromatic N) is 3. The number of ether oxygens (including phenoxy) is 2. The molecule has 8 nitrogen and oxygen atoms in total. The monoisotopic (exact) mass is 353 g/mol. The van der Waals surface area contributed by atoms with Crippen molar-refractivity contribution in [3.63, 3.8) is 0 Å². The standard InChI is InChI=1S/C18H19N5O3/c1-25-13-7-5-6-12(10-13)11-14(17-20-22-23-21-17)18(24)19-15-8-3-4-9-16(15)26-2/h3-10,14H,11H2,1-2H3,(H,19,24)(H,20,21,22,23)/t14-/m0/s1. The van der Waals surface area contributed by atoms with Gasteiger partial charge in [-0.05, 0) is 36.2 Å². The number of carbonyl (C=O) groups excluding carboxylic acids is 1. The van der Waals surface area contributed by atoms with Crippen LogP contribution in [0.15, 0.2) is 48.5 Å². The van der Waals surface area contributed by atoms with Crippen molar-refractivity contribution >= 4 is 11.6 Å². The number of anilines is 1. The van der Waals surface area contributed by atoms with E-state index in [1.165, 1.54) is 0 Å². The average Bonchev–Trinajstić information content (AvgIpc) is 3.21. The van der Waals surface area contributed by atoms with Crippen LogP contribution in [0, 0.1) is 0 Å². The molecule has 1 amide bonds. The molecular formula is C18H19N5O3. The lowest BCUT2D eigenvalue weighted by molar-refractivity contribution is -0.117. The van der Waals surface area contributed by atoms with Crippen LogP contribution in [-0.4, -0.2) is 40.8 Å². The number of benzene rings is 2. The van der Waals surface area contributed by atoms with E-state index in [0.29, 0.717) is 23.7 Å². The van der Waals surface area contributed by atoms with Crippen LogP contribution in [0.4, 0.5) is 5.69 Å². The Balaban J connectivity index is 1.85. The molecule has 3 rings (SSSR count). The van der Waals surface area contributed by atoms with Gasteiger partial charge in [0.1, 0.15) is 17.4 Å². The van der Waals surface area contributed by atoms with Crippen LogP contribution in [0.25, 0.3) is 0 Å². The van der Waals surface area contributed by atoms with Crippen molar-refractivity contribution in [3.8, 4) is 11.5 Å². The second-order valence-electron chi connectivity index (χ2n) is 5.57. The van der Waals surface area contributed by atoms with Crippen molar-refractivity contribution in [1.82, 2.24) is 20.6 Å². The summed E-state index contributed by atoms with van der Waals surface area (Å²) in [6.07, 6.45) is 0.401. The van der Waals surface area contributed by atoms with Crippen molar-refractivity contribution in [2.75, 3.05) is 19.5 Å². The number of methoxy groups -OCH3 is 2. The van der Waals surface area contributed by atoms with Crippen LogP contribution in [-0.2, 0) is 11.2 Å². The number of aromatic nitrogens is 4. The first-order valence-electron chi connectivity index (χ1n) is 8.01. The summed E-state index contributed by atoms with van der Waals surface area (Å²) in [6.45, 7) is 0. The normalized spacial score (nSPS) is 11.6. The van der Waals surface area contributed by atoms with Gasteiger partial charge in [-0.1, -0.05) is 29.5 Å². The molecule has 0 unspecified atom stereocenters. The number of amides is 1. The molecule has 0 aliphatic rings. The third-order valence-electron chi connectivity index (χ3n) is 3.93. The van der Waals surface area contributed by atoms with Crippen LogP contribution in [0.1, 0.15) is 17.3 Å². The number of para-hydroxylation sites is 2. The molecular weight excluding hydrogens is 334 g/mol. The summed E-state index contributed by atoms with van der Waals surface area (Å²) in [4.78, 5) is 12.9. The Kier molecular flexibility index (Phi) is 5.43. The van der Waals surface area contributed by atoms with Gasteiger partial charge in [0.15, 0.2) is 5.82 Å². The maximum absolute atomic E-state index is 12.9. The molecule has 0 aliphatic carbocycles. The van der Waals surface area contributed by atoms with Gasteiger partial charge >= 0.3 is 0 Å². The number of tetrazole rings is 1. The Hall–Kier alpha value is -3.42. The van der Waals surface area contributed by atoms with E-state index < -0.39 is 5.92 Å². The topological polar surface area (TPSA) is 102 Å². The Morgan fingerprint density at radius 2 is 2.00 bits per heavy atom. The first kappa shape index (κ1) is 17.4. The van der Waals surface area contributed by atoms with Crippen molar-refractivity contribution in [3.05, 3.63) is 59.9 Å². The first-order valence-corrected chi connectivity index (χ1v) is 8.01. The molecule has 0 radical (unpaired) electrons. The maximum atomic E-state index is 12.9. The highest BCUT2D eigenvalue weighted by Crippen LogP contribution is 2.26. The summed E-state index contributed by atoms with van der Waals surface area (Å²) in [7, 11) is 3.15. The molecule has 3 aromatic rings. The molecule has 0 fully saturated rings. The predicted octanol–water partition coefficient (Wildman–Crippen LogP) is 2.18. The lowest BCUT2D eigenvalue weighted by Crippen LogP contribution is -2.24. The number of aromatic amines is 1. The van der Waals surface area contributed by atoms with Crippen molar-refractivity contribution in [1.29, 1.82) is 0 Å². The zero-order valence-corrected chi connectivity index (χ0v) is 14.5. The fourth-order valence-corrected chi connectivity index (χ4v) is 2.62. The molecule has 2 aromatic carbocycles. The van der Waals surface area contributed by atoms with Gasteiger partial charge in [-0.15, -0.1) is 10.2 Å². The largest absolute Gasteiger partial charge is 0.497 e. The van der Waals surface area contributed by atoms with Gasteiger partial charge in [-0.3, -0.25) is 4.79 Å². The third-order valence-corrected chi connectivity index (χ3v) is 3.93. The maximum Gasteiger partial charge on any atom is 0.235 e. The molecule has 1 atom stereocenters. The number of rotatable bonds is 7. The van der Waals surface area contributed by atoms with Gasteiger partial charge in [-0.25, -0.2) is 0 Å². The summed E-state index contributed by atoms with van der Waals surface area (Å²) >= 11 is 0. The van der Waals surface area contributed by atoms with E-state index in [0.717, 1.165) is 11.3 Å². The molecule has 8 heteroatoms. The van der Waals surface area contributed by atoms with Crippen LogP contribution in [0.3, 0.4) is 0 Å². The number of H-pyrrole nitrogens is 1. The van der Waals surface area contributed by atoms with E-state index in [9.17, 15) is 4.79 Å². The minimum Gasteiger partial charge on any atom is -0.497 e. The molecule has 1 aromatic heterocycles. The molecule has 0 saturated carbocycles. The summed E-state index contributed by atoms with van der Waals surface area (Å²) in [5.41, 5.74) is 1.51. The number of nitrogens with one attached hydrogen (secondary N) is 2. The van der Waals surface area contributed by atoms with Crippen LogP contribution < -0.4 is 14.8 Å². The SMILES string of the molecule is COc1cccc(C[C@H](C(=O)Nc2ccccc2OC)c2nn[nH]n2)c1. The molecule has 1 heterocycles. The Labute approximate surface area is 150 Å². The van der Waals surface area contributed by atoms with E-state index in [1.54, 1.807) is 26.4 Å². The van der Waals surface area contributed by atoms with Crippen molar-refractivity contribution in [2.45, 2.75) is 12.3 Å². The fourth-order valence-electron chi connectivity index (χ4n) is 2.62. The van der Waals surface area contributed by atoms with Gasteiger partial charge in [0.2, 0.25) is 5.91 Å². The van der Waals surface area contributed by atoms with E-state index in [1.807, 2.05) is 36.4 Å². The van der Waals surface area contributed by atoms with Gasteiger partial charge in [0, 0.05) is 0 Å². The second-order valence-corrected chi connectivity index (χ2v) is 5.57. The summed E-state index contributed by atoms with van der Waals surface area (Å²) in [5.74, 6) is 0.748. The van der Waals surface area contributed by atoms with E-state index in [2.05, 4.69) is 25.9 Å². The van der Waals surface area contributed by atoms with Gasteiger partial charge < -0.3 is 14.8 Å². The molecule has 134 valence electrons. The summed E-state index contributed by atoms with van der Waals surface area (Å²) < 4.78 is 10.5. The van der Waals surface area contributed by atoms with Crippen molar-refractivity contribution < 1.29 is 14.3 Å². The highest BCUT2D eigenvalue weighted by Gasteiger charge is 2.26. The fraction of sp³-hybridized carbons (Fsp3) is 0.222. The number of hydrogen-bond acceptors (Lipinski definition) is 6. The summed E-state index contributed by atoms with van der Waals surface area (Å²) in [5, 5.41) is 16.8. The molecule has 0 bridgehead atoms. The van der Waals surface area contributed by atoms with Gasteiger partial charge in [0.25, 0.3) is 0 Å². The predicted molar refractivity (Wildman–Crippen MR) is 95.2 cm³/mol. The smallest absolute Gasteiger partial charge is 0.235 e. The zero-order valence-electron chi connectivity index (χ0n) is 14.5. The summed E-state index contributed by atoms with van der Waals surface area (Å²) in [6, 6.07) is 14.7. The Morgan fingerprint density at radius 1 is 1.15 bits per heavy atom. The lowest BCUT2D eigenvalue weighted by Gasteiger charge is -2.16. The number of hydrogen-bond donors (Lipinski definition) is 2. The quantitative estimate of drug-likeness (QED) is 0.675. The zero-order chi connectivity index (χ0) is 18.4. The molecule has 2 N–H and O–H groups in total. The highest BCUT2D eigenvalue weighted by atomic mass is 16.5. The Morgan fingerprint density at radius 3 is 2.73 bits per heavy atom. The first-order chi connectivity index (χ1) is 12.7. The minimum atomic E-state index is -0.620. The van der Waals surface area contributed by atoms with E-state index >= 15 is 0 Å². The molecule has 0 aliphatic heterocycles. The highest BCUT2D eigenvalue weighted by molar-refractivity contribution is 5.96. The van der Waals surface area contributed by atoms with E-state index in [4.69, 9.17) is 9.47 Å². The Bertz CT molecular complexity index is 867. The van der Waals surface area contributed by atoms with Crippen LogP contribution >= 0.6 is 0 Å². The lowest BCUT2D eigenvalue weighted by atomic mass is 9.97. The van der Waals surface area contributed by atoms with Gasteiger partial charge in [0.05, 0.1) is 19.9 Å². The van der Waals surface area contributed by atoms with Crippen LogP contribution in [0.5, 0.6) is 11.5 Å². The number of carbonyl (C=O) groups is 1. The minimum absolute atomic E-state index is 0.251. The third kappa shape index (κ3) is 3.97. The molecule has 26 heavy (non-hydrogen) atoms. The molecule has 0 spiro atoms. The van der Waals surface area contributed by atoms with E-state index in [-0.39, 0.29) is 5.91 Å². The van der Waals surface area contributed by atoms with Gasteiger partial charge in [-0.2, -0.15) is 5.21 Å². The van der Waals surface area contributed by atoms with Crippen molar-refractivity contribution in [2.24, 2.45) is 0 Å². The molecule has 0 saturated heterocycles. The van der Waals surface area contributed by atoms with Crippen LogP contribution in [0.2, 0.25) is 0 Å². The second kappa shape index (κ2) is 8.11.